The molecule has 0 saturated heterocycles. The van der Waals surface area contributed by atoms with Crippen LogP contribution in [0.3, 0.4) is 0 Å². The molecule has 0 aliphatic heterocycles. The lowest BCUT2D eigenvalue weighted by atomic mass is 9.96. The van der Waals surface area contributed by atoms with Crippen LogP contribution in [0.2, 0.25) is 0 Å². The molecule has 2 aliphatic rings. The van der Waals surface area contributed by atoms with Gasteiger partial charge in [-0.15, -0.1) is 0 Å². The standard InChI is InChI=1S/C12H22O/c1-11(2)6-9(11)4-5-12(3)7-10(12)8-13/h9-10,13H,4-8H2,1-3H3/t9?,10-,12+/m0/s1. The Labute approximate surface area is 81.5 Å². The summed E-state index contributed by atoms with van der Waals surface area (Å²) in [4.78, 5) is 0. The van der Waals surface area contributed by atoms with Crippen LogP contribution in [0.4, 0.5) is 0 Å². The normalized spacial score (nSPS) is 46.2. The summed E-state index contributed by atoms with van der Waals surface area (Å²) in [5.41, 5.74) is 1.15. The van der Waals surface area contributed by atoms with Gasteiger partial charge in [-0.2, -0.15) is 0 Å². The molecule has 0 aromatic rings. The Balaban J connectivity index is 1.70. The summed E-state index contributed by atoms with van der Waals surface area (Å²) in [6, 6.07) is 0. The minimum atomic E-state index is 0.407. The van der Waals surface area contributed by atoms with Crippen LogP contribution in [0.5, 0.6) is 0 Å². The molecule has 1 unspecified atom stereocenters. The van der Waals surface area contributed by atoms with Crippen LogP contribution in [0.1, 0.15) is 46.5 Å². The Morgan fingerprint density at radius 2 is 1.77 bits per heavy atom. The van der Waals surface area contributed by atoms with Gasteiger partial charge in [0.1, 0.15) is 0 Å². The molecule has 0 aromatic carbocycles. The summed E-state index contributed by atoms with van der Waals surface area (Å²) in [6.45, 7) is 7.49. The highest BCUT2D eigenvalue weighted by molar-refractivity contribution is 5.01. The van der Waals surface area contributed by atoms with E-state index >= 15 is 0 Å². The van der Waals surface area contributed by atoms with Crippen molar-refractivity contribution in [2.75, 3.05) is 6.61 Å². The molecule has 0 aromatic heterocycles. The smallest absolute Gasteiger partial charge is 0.0464 e. The maximum absolute atomic E-state index is 9.03. The molecule has 2 rings (SSSR count). The average molecular weight is 182 g/mol. The van der Waals surface area contributed by atoms with Crippen molar-refractivity contribution in [2.45, 2.75) is 46.5 Å². The van der Waals surface area contributed by atoms with E-state index in [-0.39, 0.29) is 0 Å². The minimum absolute atomic E-state index is 0.407. The fraction of sp³-hybridized carbons (Fsp3) is 1.00. The van der Waals surface area contributed by atoms with Crippen molar-refractivity contribution >= 4 is 0 Å². The van der Waals surface area contributed by atoms with E-state index in [9.17, 15) is 0 Å². The highest BCUT2D eigenvalue weighted by atomic mass is 16.3. The molecule has 0 radical (unpaired) electrons. The van der Waals surface area contributed by atoms with E-state index in [4.69, 9.17) is 5.11 Å². The Kier molecular flexibility index (Phi) is 1.99. The Hall–Kier alpha value is -0.0400. The van der Waals surface area contributed by atoms with Crippen LogP contribution in [0.15, 0.2) is 0 Å². The van der Waals surface area contributed by atoms with Gasteiger partial charge in [-0.05, 0) is 48.3 Å². The predicted octanol–water partition coefficient (Wildman–Crippen LogP) is 2.83. The third-order valence-electron chi connectivity index (χ3n) is 4.54. The van der Waals surface area contributed by atoms with Crippen molar-refractivity contribution in [2.24, 2.45) is 22.7 Å². The largest absolute Gasteiger partial charge is 0.396 e. The molecule has 0 heterocycles. The second-order valence-electron chi connectivity index (χ2n) is 6.17. The van der Waals surface area contributed by atoms with E-state index in [1.54, 1.807) is 0 Å². The van der Waals surface area contributed by atoms with Crippen molar-refractivity contribution in [3.05, 3.63) is 0 Å². The highest BCUT2D eigenvalue weighted by Crippen LogP contribution is 2.60. The molecule has 0 spiro atoms. The summed E-state index contributed by atoms with van der Waals surface area (Å²) in [5.74, 6) is 1.60. The number of hydrogen-bond donors (Lipinski definition) is 1. The van der Waals surface area contributed by atoms with E-state index < -0.39 is 0 Å². The average Bonchev–Trinajstić information content (AvgIpc) is 2.87. The van der Waals surface area contributed by atoms with Gasteiger partial charge in [0, 0.05) is 6.61 Å². The third kappa shape index (κ3) is 1.76. The van der Waals surface area contributed by atoms with E-state index in [0.29, 0.717) is 23.4 Å². The van der Waals surface area contributed by atoms with E-state index in [0.717, 1.165) is 5.92 Å². The fourth-order valence-electron chi connectivity index (χ4n) is 2.67. The minimum Gasteiger partial charge on any atom is -0.396 e. The van der Waals surface area contributed by atoms with E-state index in [2.05, 4.69) is 20.8 Å². The molecule has 1 nitrogen and oxygen atoms in total. The number of aliphatic hydroxyl groups excluding tert-OH is 1. The van der Waals surface area contributed by atoms with Crippen LogP contribution >= 0.6 is 0 Å². The molecule has 2 aliphatic carbocycles. The molecular weight excluding hydrogens is 160 g/mol. The zero-order chi connectivity index (χ0) is 9.69. The molecule has 2 saturated carbocycles. The molecule has 3 atom stereocenters. The van der Waals surface area contributed by atoms with Crippen molar-refractivity contribution in [3.63, 3.8) is 0 Å². The number of hydrogen-bond acceptors (Lipinski definition) is 1. The summed E-state index contributed by atoms with van der Waals surface area (Å²) in [7, 11) is 0. The summed E-state index contributed by atoms with van der Waals surface area (Å²) in [5, 5.41) is 9.03. The molecule has 1 heteroatoms. The van der Waals surface area contributed by atoms with Gasteiger partial charge in [0.25, 0.3) is 0 Å². The Bertz CT molecular complexity index is 209. The van der Waals surface area contributed by atoms with Gasteiger partial charge < -0.3 is 5.11 Å². The van der Waals surface area contributed by atoms with Gasteiger partial charge in [-0.25, -0.2) is 0 Å². The van der Waals surface area contributed by atoms with Crippen LogP contribution < -0.4 is 0 Å². The molecule has 0 bridgehead atoms. The Morgan fingerprint density at radius 1 is 1.15 bits per heavy atom. The first-order chi connectivity index (χ1) is 5.98. The maximum Gasteiger partial charge on any atom is 0.0464 e. The van der Waals surface area contributed by atoms with Crippen LogP contribution in [0.25, 0.3) is 0 Å². The summed E-state index contributed by atoms with van der Waals surface area (Å²) >= 11 is 0. The number of aliphatic hydroxyl groups is 1. The lowest BCUT2D eigenvalue weighted by Crippen LogP contribution is -2.02. The summed E-state index contributed by atoms with van der Waals surface area (Å²) in [6.07, 6.45) is 5.41. The first-order valence-corrected chi connectivity index (χ1v) is 5.59. The van der Waals surface area contributed by atoms with Crippen molar-refractivity contribution in [3.8, 4) is 0 Å². The van der Waals surface area contributed by atoms with Crippen LogP contribution in [-0.4, -0.2) is 11.7 Å². The van der Waals surface area contributed by atoms with Gasteiger partial charge in [-0.1, -0.05) is 20.8 Å². The molecule has 13 heavy (non-hydrogen) atoms. The lowest BCUT2D eigenvalue weighted by molar-refractivity contribution is 0.246. The van der Waals surface area contributed by atoms with Crippen LogP contribution in [0, 0.1) is 22.7 Å². The first kappa shape index (κ1) is 9.51. The maximum atomic E-state index is 9.03. The zero-order valence-corrected chi connectivity index (χ0v) is 9.14. The fourth-order valence-corrected chi connectivity index (χ4v) is 2.67. The van der Waals surface area contributed by atoms with E-state index in [1.807, 2.05) is 0 Å². The van der Waals surface area contributed by atoms with Gasteiger partial charge >= 0.3 is 0 Å². The zero-order valence-electron chi connectivity index (χ0n) is 9.14. The molecule has 2 fully saturated rings. The van der Waals surface area contributed by atoms with Crippen LogP contribution in [-0.2, 0) is 0 Å². The first-order valence-electron chi connectivity index (χ1n) is 5.59. The Morgan fingerprint density at radius 3 is 2.15 bits per heavy atom. The SMILES string of the molecule is CC1(C)CC1CC[C@]1(C)C[C@H]1CO. The van der Waals surface area contributed by atoms with Gasteiger partial charge in [0.05, 0.1) is 0 Å². The predicted molar refractivity (Wildman–Crippen MR) is 54.4 cm³/mol. The third-order valence-corrected chi connectivity index (χ3v) is 4.54. The summed E-state index contributed by atoms with van der Waals surface area (Å²) < 4.78 is 0. The second-order valence-corrected chi connectivity index (χ2v) is 6.17. The molecule has 1 N–H and O–H groups in total. The topological polar surface area (TPSA) is 20.2 Å². The molecule has 0 amide bonds. The number of rotatable bonds is 4. The van der Waals surface area contributed by atoms with Gasteiger partial charge in [0.15, 0.2) is 0 Å². The highest BCUT2D eigenvalue weighted by Gasteiger charge is 2.51. The molecular formula is C12H22O. The van der Waals surface area contributed by atoms with Gasteiger partial charge in [-0.3, -0.25) is 0 Å². The van der Waals surface area contributed by atoms with Crippen molar-refractivity contribution < 1.29 is 5.11 Å². The lowest BCUT2D eigenvalue weighted by Gasteiger charge is -2.10. The van der Waals surface area contributed by atoms with E-state index in [1.165, 1.54) is 25.7 Å². The second kappa shape index (κ2) is 2.73. The van der Waals surface area contributed by atoms with Crippen molar-refractivity contribution in [1.82, 2.24) is 0 Å². The quantitative estimate of drug-likeness (QED) is 0.709. The monoisotopic (exact) mass is 182 g/mol. The molecule has 76 valence electrons. The van der Waals surface area contributed by atoms with Gasteiger partial charge in [0.2, 0.25) is 0 Å². The van der Waals surface area contributed by atoms with Crippen molar-refractivity contribution in [1.29, 1.82) is 0 Å².